The van der Waals surface area contributed by atoms with Gasteiger partial charge in [-0.25, -0.2) is 4.98 Å². The summed E-state index contributed by atoms with van der Waals surface area (Å²) in [5.41, 5.74) is 0. The van der Waals surface area contributed by atoms with Crippen molar-refractivity contribution in [3.05, 3.63) is 18.7 Å². The molecule has 0 spiro atoms. The zero-order valence-electron chi connectivity index (χ0n) is 11.7. The van der Waals surface area contributed by atoms with Crippen LogP contribution in [-0.2, 0) is 14.3 Å². The predicted octanol–water partition coefficient (Wildman–Crippen LogP) is 1.44. The van der Waals surface area contributed by atoms with Crippen molar-refractivity contribution < 1.29 is 14.3 Å². The van der Waals surface area contributed by atoms with Crippen molar-refractivity contribution in [2.75, 3.05) is 6.61 Å². The van der Waals surface area contributed by atoms with Crippen molar-refractivity contribution >= 4 is 11.9 Å². The van der Waals surface area contributed by atoms with Crippen molar-refractivity contribution in [2.45, 2.75) is 51.1 Å². The molecular weight excluding hydrogens is 258 g/mol. The number of amides is 1. The van der Waals surface area contributed by atoms with E-state index in [1.165, 1.54) is 0 Å². The molecule has 0 radical (unpaired) electrons. The van der Waals surface area contributed by atoms with Gasteiger partial charge in [0.15, 0.2) is 0 Å². The first-order valence-electron chi connectivity index (χ1n) is 7.13. The van der Waals surface area contributed by atoms with Gasteiger partial charge in [0.1, 0.15) is 0 Å². The molecule has 1 aromatic heterocycles. The number of carbonyl (C=O) groups excluding carboxylic acids is 2. The Morgan fingerprint density at radius 3 is 2.95 bits per heavy atom. The van der Waals surface area contributed by atoms with E-state index in [1.807, 2.05) is 10.8 Å². The molecule has 1 aliphatic carbocycles. The summed E-state index contributed by atoms with van der Waals surface area (Å²) in [6, 6.07) is 0.392. The average Bonchev–Trinajstić information content (AvgIpc) is 3.07. The topological polar surface area (TPSA) is 73.2 Å². The number of aromatic nitrogens is 2. The molecule has 0 aromatic carbocycles. The van der Waals surface area contributed by atoms with Crippen molar-refractivity contribution in [1.29, 1.82) is 0 Å². The van der Waals surface area contributed by atoms with Crippen molar-refractivity contribution in [2.24, 2.45) is 0 Å². The highest BCUT2D eigenvalue weighted by atomic mass is 16.5. The molecule has 2 atom stereocenters. The molecule has 20 heavy (non-hydrogen) atoms. The lowest BCUT2D eigenvalue weighted by Crippen LogP contribution is -2.38. The van der Waals surface area contributed by atoms with E-state index in [2.05, 4.69) is 10.3 Å². The van der Waals surface area contributed by atoms with E-state index < -0.39 is 0 Å². The van der Waals surface area contributed by atoms with E-state index in [1.54, 1.807) is 19.4 Å². The first-order chi connectivity index (χ1) is 9.70. The van der Waals surface area contributed by atoms with Gasteiger partial charge in [0.05, 0.1) is 25.4 Å². The zero-order chi connectivity index (χ0) is 14.4. The number of hydrogen-bond acceptors (Lipinski definition) is 4. The molecule has 1 saturated carbocycles. The molecule has 1 N–H and O–H groups in total. The number of hydrogen-bond donors (Lipinski definition) is 1. The van der Waals surface area contributed by atoms with E-state index in [-0.39, 0.29) is 36.8 Å². The third kappa shape index (κ3) is 3.82. The molecule has 0 bridgehead atoms. The van der Waals surface area contributed by atoms with Gasteiger partial charge in [-0.15, -0.1) is 0 Å². The Kier molecular flexibility index (Phi) is 5.15. The van der Waals surface area contributed by atoms with Gasteiger partial charge in [-0.05, 0) is 26.2 Å². The molecule has 0 aliphatic heterocycles. The van der Waals surface area contributed by atoms with Gasteiger partial charge < -0.3 is 14.6 Å². The minimum atomic E-state index is -0.319. The molecule has 2 unspecified atom stereocenters. The van der Waals surface area contributed by atoms with Crippen molar-refractivity contribution in [1.82, 2.24) is 14.9 Å². The van der Waals surface area contributed by atoms with Crippen LogP contribution in [0.5, 0.6) is 0 Å². The van der Waals surface area contributed by atoms with Crippen LogP contribution >= 0.6 is 0 Å². The Morgan fingerprint density at radius 2 is 2.25 bits per heavy atom. The second-order valence-electron chi connectivity index (χ2n) is 4.99. The molecule has 6 nitrogen and oxygen atoms in total. The summed E-state index contributed by atoms with van der Waals surface area (Å²) in [6.45, 7) is 2.11. The summed E-state index contributed by atoms with van der Waals surface area (Å²) in [4.78, 5) is 27.1. The normalized spacial score (nSPS) is 21.6. The lowest BCUT2D eigenvalue weighted by Gasteiger charge is -2.22. The lowest BCUT2D eigenvalue weighted by molar-refractivity contribution is -0.144. The first-order valence-corrected chi connectivity index (χ1v) is 7.13. The highest BCUT2D eigenvalue weighted by molar-refractivity contribution is 5.81. The van der Waals surface area contributed by atoms with E-state index >= 15 is 0 Å². The summed E-state index contributed by atoms with van der Waals surface area (Å²) < 4.78 is 6.86. The van der Waals surface area contributed by atoms with E-state index in [9.17, 15) is 9.59 Å². The molecule has 1 aliphatic rings. The van der Waals surface area contributed by atoms with Crippen LogP contribution in [0.25, 0.3) is 0 Å². The summed E-state index contributed by atoms with van der Waals surface area (Å²) in [5.74, 6) is -0.407. The fraction of sp³-hybridized carbons (Fsp3) is 0.643. The predicted molar refractivity (Wildman–Crippen MR) is 72.9 cm³/mol. The maximum Gasteiger partial charge on any atom is 0.306 e. The fourth-order valence-electron chi connectivity index (χ4n) is 2.66. The van der Waals surface area contributed by atoms with Gasteiger partial charge in [0, 0.05) is 24.9 Å². The highest BCUT2D eigenvalue weighted by Gasteiger charge is 2.29. The minimum absolute atomic E-state index is 0.0879. The van der Waals surface area contributed by atoms with Crippen molar-refractivity contribution in [3.8, 4) is 0 Å². The number of nitrogens with one attached hydrogen (secondary N) is 1. The molecule has 6 heteroatoms. The van der Waals surface area contributed by atoms with Crippen LogP contribution in [0.15, 0.2) is 18.7 Å². The SMILES string of the molecule is CCOC(=O)CCC(=O)NC1CCCC1n1ccnc1. The summed E-state index contributed by atoms with van der Waals surface area (Å²) in [6.07, 6.45) is 8.88. The molecule has 1 aromatic rings. The second kappa shape index (κ2) is 7.07. The Hall–Kier alpha value is -1.85. The van der Waals surface area contributed by atoms with Crippen LogP contribution in [0.3, 0.4) is 0 Å². The third-order valence-corrected chi connectivity index (χ3v) is 3.60. The first kappa shape index (κ1) is 14.6. The smallest absolute Gasteiger partial charge is 0.306 e. The van der Waals surface area contributed by atoms with Crippen LogP contribution in [0.1, 0.15) is 45.1 Å². The highest BCUT2D eigenvalue weighted by Crippen LogP contribution is 2.29. The zero-order valence-corrected chi connectivity index (χ0v) is 11.7. The Balaban J connectivity index is 1.80. The van der Waals surface area contributed by atoms with Crippen LogP contribution in [0.4, 0.5) is 0 Å². The molecular formula is C14H21N3O3. The number of esters is 1. The maximum absolute atomic E-state index is 11.9. The van der Waals surface area contributed by atoms with Gasteiger partial charge in [-0.1, -0.05) is 0 Å². The van der Waals surface area contributed by atoms with E-state index in [4.69, 9.17) is 4.74 Å². The summed E-state index contributed by atoms with van der Waals surface area (Å²) in [7, 11) is 0. The molecule has 1 amide bonds. The van der Waals surface area contributed by atoms with E-state index in [0.29, 0.717) is 6.61 Å². The van der Waals surface area contributed by atoms with Crippen LogP contribution in [0, 0.1) is 0 Å². The quantitative estimate of drug-likeness (QED) is 0.800. The number of carbonyl (C=O) groups is 2. The molecule has 1 heterocycles. The Morgan fingerprint density at radius 1 is 1.40 bits per heavy atom. The van der Waals surface area contributed by atoms with Crippen LogP contribution in [-0.4, -0.2) is 34.1 Å². The van der Waals surface area contributed by atoms with Crippen molar-refractivity contribution in [3.63, 3.8) is 0 Å². The molecule has 110 valence electrons. The molecule has 2 rings (SSSR count). The largest absolute Gasteiger partial charge is 0.466 e. The van der Waals surface area contributed by atoms with Gasteiger partial charge in [0.2, 0.25) is 5.91 Å². The van der Waals surface area contributed by atoms with Gasteiger partial charge >= 0.3 is 5.97 Å². The number of imidazole rings is 1. The second-order valence-corrected chi connectivity index (χ2v) is 4.99. The van der Waals surface area contributed by atoms with Crippen LogP contribution < -0.4 is 5.32 Å². The summed E-state index contributed by atoms with van der Waals surface area (Å²) in [5, 5.41) is 3.02. The lowest BCUT2D eigenvalue weighted by atomic mass is 10.1. The third-order valence-electron chi connectivity index (χ3n) is 3.60. The molecule has 1 fully saturated rings. The minimum Gasteiger partial charge on any atom is -0.466 e. The van der Waals surface area contributed by atoms with E-state index in [0.717, 1.165) is 19.3 Å². The maximum atomic E-state index is 11.9. The summed E-state index contributed by atoms with van der Waals surface area (Å²) >= 11 is 0. The van der Waals surface area contributed by atoms with Gasteiger partial charge in [-0.3, -0.25) is 9.59 Å². The van der Waals surface area contributed by atoms with Gasteiger partial charge in [-0.2, -0.15) is 0 Å². The number of ether oxygens (including phenoxy) is 1. The monoisotopic (exact) mass is 279 g/mol. The van der Waals surface area contributed by atoms with Gasteiger partial charge in [0.25, 0.3) is 0 Å². The number of nitrogens with zero attached hydrogens (tertiary/aromatic N) is 2. The Bertz CT molecular complexity index is 445. The fourth-order valence-corrected chi connectivity index (χ4v) is 2.66. The molecule has 0 saturated heterocycles. The standard InChI is InChI=1S/C14H21N3O3/c1-2-20-14(19)7-6-13(18)16-11-4-3-5-12(11)17-9-8-15-10-17/h8-12H,2-7H2,1H3,(H,16,18). The Labute approximate surface area is 118 Å². The van der Waals surface area contributed by atoms with Crippen LogP contribution in [0.2, 0.25) is 0 Å². The average molecular weight is 279 g/mol. The number of rotatable bonds is 6.